The van der Waals surface area contributed by atoms with Gasteiger partial charge in [0.05, 0.1) is 0 Å². The molecule has 0 aliphatic heterocycles. The van der Waals surface area contributed by atoms with Gasteiger partial charge < -0.3 is 5.11 Å². The fourth-order valence-electron chi connectivity index (χ4n) is 1.81. The minimum atomic E-state index is -1.18. The summed E-state index contributed by atoms with van der Waals surface area (Å²) in [4.78, 5) is 0. The Kier molecular flexibility index (Phi) is 3.78. The topological polar surface area (TPSA) is 20.2 Å². The van der Waals surface area contributed by atoms with Gasteiger partial charge >= 0.3 is 0 Å². The van der Waals surface area contributed by atoms with Crippen molar-refractivity contribution in [3.63, 3.8) is 0 Å². The lowest BCUT2D eigenvalue weighted by atomic mass is 9.97. The Hall–Kier alpha value is -1.26. The second-order valence-electron chi connectivity index (χ2n) is 4.02. The highest BCUT2D eigenvalue weighted by molar-refractivity contribution is 9.10. The van der Waals surface area contributed by atoms with Crippen molar-refractivity contribution in [2.45, 2.75) is 13.0 Å². The van der Waals surface area contributed by atoms with Crippen LogP contribution in [0.4, 0.5) is 8.78 Å². The number of hydrogen-bond acceptors (Lipinski definition) is 1. The van der Waals surface area contributed by atoms with Crippen molar-refractivity contribution in [3.8, 4) is 0 Å². The second-order valence-corrected chi connectivity index (χ2v) is 4.88. The van der Waals surface area contributed by atoms with Crippen LogP contribution in [0, 0.1) is 18.6 Å². The van der Waals surface area contributed by atoms with E-state index in [1.165, 1.54) is 0 Å². The monoisotopic (exact) mass is 312 g/mol. The van der Waals surface area contributed by atoms with Crippen LogP contribution in [-0.4, -0.2) is 5.11 Å². The molecule has 0 radical (unpaired) electrons. The highest BCUT2D eigenvalue weighted by atomic mass is 79.9. The van der Waals surface area contributed by atoms with Gasteiger partial charge in [-0.05, 0) is 42.3 Å². The van der Waals surface area contributed by atoms with E-state index in [0.717, 1.165) is 28.2 Å². The molecule has 4 heteroatoms. The first-order chi connectivity index (χ1) is 8.50. The highest BCUT2D eigenvalue weighted by Gasteiger charge is 2.18. The normalized spacial score (nSPS) is 12.5. The third-order valence-corrected chi connectivity index (χ3v) is 3.72. The fourth-order valence-corrected chi connectivity index (χ4v) is 2.19. The summed E-state index contributed by atoms with van der Waals surface area (Å²) in [7, 11) is 0. The molecule has 2 aromatic rings. The van der Waals surface area contributed by atoms with Crippen molar-refractivity contribution in [3.05, 3.63) is 69.2 Å². The predicted molar refractivity (Wildman–Crippen MR) is 69.3 cm³/mol. The lowest BCUT2D eigenvalue weighted by molar-refractivity contribution is 0.213. The van der Waals surface area contributed by atoms with Crippen LogP contribution >= 0.6 is 15.9 Å². The summed E-state index contributed by atoms with van der Waals surface area (Å²) >= 11 is 3.34. The van der Waals surface area contributed by atoms with Gasteiger partial charge in [0, 0.05) is 10.0 Å². The van der Waals surface area contributed by atoms with E-state index in [2.05, 4.69) is 15.9 Å². The summed E-state index contributed by atoms with van der Waals surface area (Å²) in [6.45, 7) is 1.81. The SMILES string of the molecule is Cc1c(Br)cccc1C(O)c1cc(F)ccc1F. The van der Waals surface area contributed by atoms with E-state index in [0.29, 0.717) is 5.56 Å². The predicted octanol–water partition coefficient (Wildman–Crippen LogP) is 4.12. The highest BCUT2D eigenvalue weighted by Crippen LogP contribution is 2.30. The molecule has 0 heterocycles. The number of rotatable bonds is 2. The quantitative estimate of drug-likeness (QED) is 0.884. The number of aliphatic hydroxyl groups is 1. The van der Waals surface area contributed by atoms with Crippen molar-refractivity contribution in [2.75, 3.05) is 0 Å². The van der Waals surface area contributed by atoms with Gasteiger partial charge in [-0.2, -0.15) is 0 Å². The first-order valence-electron chi connectivity index (χ1n) is 5.38. The van der Waals surface area contributed by atoms with Crippen LogP contribution in [0.1, 0.15) is 22.8 Å². The maximum atomic E-state index is 13.6. The van der Waals surface area contributed by atoms with Crippen molar-refractivity contribution in [1.82, 2.24) is 0 Å². The molecule has 1 atom stereocenters. The maximum Gasteiger partial charge on any atom is 0.129 e. The number of benzene rings is 2. The summed E-state index contributed by atoms with van der Waals surface area (Å²) in [6, 6.07) is 8.32. The zero-order valence-electron chi connectivity index (χ0n) is 9.62. The van der Waals surface area contributed by atoms with Gasteiger partial charge in [0.1, 0.15) is 17.7 Å². The van der Waals surface area contributed by atoms with Gasteiger partial charge in [0.25, 0.3) is 0 Å². The molecule has 0 spiro atoms. The van der Waals surface area contributed by atoms with E-state index in [1.807, 2.05) is 6.07 Å². The molecular formula is C14H11BrF2O. The molecule has 18 heavy (non-hydrogen) atoms. The number of aliphatic hydroxyl groups excluding tert-OH is 1. The molecule has 2 aromatic carbocycles. The summed E-state index contributed by atoms with van der Waals surface area (Å²) in [6.07, 6.45) is -1.18. The van der Waals surface area contributed by atoms with E-state index in [-0.39, 0.29) is 5.56 Å². The number of halogens is 3. The van der Waals surface area contributed by atoms with Gasteiger partial charge in [-0.25, -0.2) is 8.78 Å². The van der Waals surface area contributed by atoms with Crippen LogP contribution in [0.15, 0.2) is 40.9 Å². The molecule has 1 unspecified atom stereocenters. The van der Waals surface area contributed by atoms with Crippen molar-refractivity contribution in [1.29, 1.82) is 0 Å². The lowest BCUT2D eigenvalue weighted by Crippen LogP contribution is -2.05. The van der Waals surface area contributed by atoms with Gasteiger partial charge in [0.15, 0.2) is 0 Å². The first-order valence-corrected chi connectivity index (χ1v) is 6.18. The molecule has 1 N–H and O–H groups in total. The Morgan fingerprint density at radius 1 is 1.11 bits per heavy atom. The van der Waals surface area contributed by atoms with Gasteiger partial charge in [-0.1, -0.05) is 28.1 Å². The van der Waals surface area contributed by atoms with Crippen LogP contribution in [0.3, 0.4) is 0 Å². The summed E-state index contributed by atoms with van der Waals surface area (Å²) in [5, 5.41) is 10.2. The molecule has 0 fully saturated rings. The van der Waals surface area contributed by atoms with Gasteiger partial charge in [-0.3, -0.25) is 0 Å². The van der Waals surface area contributed by atoms with Gasteiger partial charge in [0.2, 0.25) is 0 Å². The molecular weight excluding hydrogens is 302 g/mol. The van der Waals surface area contributed by atoms with E-state index in [4.69, 9.17) is 0 Å². The smallest absolute Gasteiger partial charge is 0.129 e. The molecule has 2 rings (SSSR count). The summed E-state index contributed by atoms with van der Waals surface area (Å²) in [5.41, 5.74) is 1.29. The first kappa shape index (κ1) is 13.2. The van der Waals surface area contributed by atoms with Gasteiger partial charge in [-0.15, -0.1) is 0 Å². The molecule has 1 nitrogen and oxygen atoms in total. The van der Waals surface area contributed by atoms with E-state index >= 15 is 0 Å². The van der Waals surface area contributed by atoms with E-state index < -0.39 is 17.7 Å². The van der Waals surface area contributed by atoms with Crippen molar-refractivity contribution < 1.29 is 13.9 Å². The molecule has 0 aromatic heterocycles. The fraction of sp³-hybridized carbons (Fsp3) is 0.143. The largest absolute Gasteiger partial charge is 0.384 e. The Morgan fingerprint density at radius 2 is 1.83 bits per heavy atom. The average molecular weight is 313 g/mol. The molecule has 0 amide bonds. The second kappa shape index (κ2) is 5.16. The van der Waals surface area contributed by atoms with E-state index in [1.54, 1.807) is 19.1 Å². The average Bonchev–Trinajstić information content (AvgIpc) is 2.35. The third-order valence-electron chi connectivity index (χ3n) is 2.86. The molecule has 0 aliphatic rings. The minimum absolute atomic E-state index is 0.0591. The van der Waals surface area contributed by atoms with Crippen molar-refractivity contribution in [2.24, 2.45) is 0 Å². The number of hydrogen-bond donors (Lipinski definition) is 1. The van der Waals surface area contributed by atoms with E-state index in [9.17, 15) is 13.9 Å². The zero-order chi connectivity index (χ0) is 13.3. The zero-order valence-corrected chi connectivity index (χ0v) is 11.2. The molecule has 0 aliphatic carbocycles. The Morgan fingerprint density at radius 3 is 2.56 bits per heavy atom. The Labute approximate surface area is 112 Å². The minimum Gasteiger partial charge on any atom is -0.384 e. The molecule has 94 valence electrons. The molecule has 0 saturated heterocycles. The molecule has 0 saturated carbocycles. The maximum absolute atomic E-state index is 13.6. The van der Waals surface area contributed by atoms with Crippen LogP contribution in [0.25, 0.3) is 0 Å². The Bertz CT molecular complexity index is 582. The molecule has 0 bridgehead atoms. The summed E-state index contributed by atoms with van der Waals surface area (Å²) in [5.74, 6) is -1.19. The standard InChI is InChI=1S/C14H11BrF2O/c1-8-10(3-2-4-12(8)15)14(18)11-7-9(16)5-6-13(11)17/h2-7,14,18H,1H3. The Balaban J connectivity index is 2.51. The van der Waals surface area contributed by atoms with Crippen LogP contribution in [-0.2, 0) is 0 Å². The van der Waals surface area contributed by atoms with Crippen LogP contribution < -0.4 is 0 Å². The van der Waals surface area contributed by atoms with Crippen molar-refractivity contribution >= 4 is 15.9 Å². The lowest BCUT2D eigenvalue weighted by Gasteiger charge is -2.15. The van der Waals surface area contributed by atoms with Crippen LogP contribution in [0.2, 0.25) is 0 Å². The third kappa shape index (κ3) is 2.44. The van der Waals surface area contributed by atoms with Crippen LogP contribution in [0.5, 0.6) is 0 Å². The summed E-state index contributed by atoms with van der Waals surface area (Å²) < 4.78 is 27.5.